The number of hydrogen-bond donors (Lipinski definition) is 1. The van der Waals surface area contributed by atoms with Gasteiger partial charge in [0.1, 0.15) is 0 Å². The number of nitrogens with zero attached hydrogens (tertiary/aromatic N) is 1. The summed E-state index contributed by atoms with van der Waals surface area (Å²) in [6.07, 6.45) is 2.84. The van der Waals surface area contributed by atoms with E-state index in [1.165, 1.54) is 24.0 Å². The van der Waals surface area contributed by atoms with Gasteiger partial charge in [0.2, 0.25) is 0 Å². The molecule has 1 unspecified atom stereocenters. The maximum atomic E-state index is 5.73. The van der Waals surface area contributed by atoms with E-state index in [0.717, 1.165) is 26.2 Å². The summed E-state index contributed by atoms with van der Waals surface area (Å²) in [6.45, 7) is 10.5. The fourth-order valence-electron chi connectivity index (χ4n) is 2.74. The molecule has 0 spiro atoms. The lowest BCUT2D eigenvalue weighted by atomic mass is 10.0. The zero-order valence-electron chi connectivity index (χ0n) is 14.0. The molecule has 0 saturated carbocycles. The van der Waals surface area contributed by atoms with Gasteiger partial charge in [-0.2, -0.15) is 0 Å². The first-order valence-electron chi connectivity index (χ1n) is 8.06. The number of benzene rings is 1. The molecule has 0 radical (unpaired) electrons. The van der Waals surface area contributed by atoms with Crippen LogP contribution < -0.4 is 5.32 Å². The van der Waals surface area contributed by atoms with E-state index >= 15 is 0 Å². The van der Waals surface area contributed by atoms with Gasteiger partial charge in [0.15, 0.2) is 0 Å². The molecule has 0 aromatic heterocycles. The third-order valence-electron chi connectivity index (χ3n) is 3.91. The van der Waals surface area contributed by atoms with Crippen molar-refractivity contribution in [3.05, 3.63) is 35.4 Å². The smallest absolute Gasteiger partial charge is 0.0702 e. The normalized spacial score (nSPS) is 19.4. The first-order valence-corrected chi connectivity index (χ1v) is 8.06. The third kappa shape index (κ3) is 5.77. The first kappa shape index (κ1) is 16.5. The Morgan fingerprint density at radius 2 is 1.95 bits per heavy atom. The van der Waals surface area contributed by atoms with Crippen molar-refractivity contribution in [2.75, 3.05) is 20.2 Å². The summed E-state index contributed by atoms with van der Waals surface area (Å²) in [7, 11) is 2.19. The van der Waals surface area contributed by atoms with Crippen LogP contribution in [0.2, 0.25) is 0 Å². The van der Waals surface area contributed by atoms with Crippen molar-refractivity contribution in [3.63, 3.8) is 0 Å². The van der Waals surface area contributed by atoms with Crippen molar-refractivity contribution in [2.45, 2.75) is 58.3 Å². The van der Waals surface area contributed by atoms with E-state index in [9.17, 15) is 0 Å². The van der Waals surface area contributed by atoms with E-state index in [-0.39, 0.29) is 5.54 Å². The number of nitrogens with one attached hydrogen (secondary N) is 1. The van der Waals surface area contributed by atoms with Crippen LogP contribution in [0.1, 0.15) is 44.7 Å². The molecule has 118 valence electrons. The summed E-state index contributed by atoms with van der Waals surface area (Å²) in [5.74, 6) is 0. The molecule has 0 aliphatic carbocycles. The van der Waals surface area contributed by atoms with Crippen LogP contribution in [-0.2, 0) is 17.8 Å². The standard InChI is InChI=1S/C18H30N2O/c1-18(2,3)19-12-15-8-5-6-9-16(15)13-20(4)14-17-10-7-11-21-17/h5-6,8-9,17,19H,7,10-14H2,1-4H3. The molecule has 0 bridgehead atoms. The van der Waals surface area contributed by atoms with Crippen molar-refractivity contribution in [1.82, 2.24) is 10.2 Å². The Kier molecular flexibility index (Phi) is 5.80. The summed E-state index contributed by atoms with van der Waals surface area (Å²) in [6, 6.07) is 8.73. The van der Waals surface area contributed by atoms with Crippen LogP contribution in [0.4, 0.5) is 0 Å². The Balaban J connectivity index is 1.92. The van der Waals surface area contributed by atoms with Gasteiger partial charge in [0, 0.05) is 31.8 Å². The van der Waals surface area contributed by atoms with Gasteiger partial charge in [-0.3, -0.25) is 4.90 Å². The second kappa shape index (κ2) is 7.39. The van der Waals surface area contributed by atoms with E-state index in [4.69, 9.17) is 4.74 Å². The molecular formula is C18H30N2O. The molecule has 3 heteroatoms. The van der Waals surface area contributed by atoms with Crippen molar-refractivity contribution in [3.8, 4) is 0 Å². The molecule has 1 saturated heterocycles. The molecule has 1 aromatic rings. The van der Waals surface area contributed by atoms with Crippen LogP contribution in [0.25, 0.3) is 0 Å². The average Bonchev–Trinajstić information content (AvgIpc) is 2.89. The molecule has 1 heterocycles. The van der Waals surface area contributed by atoms with Gasteiger partial charge < -0.3 is 10.1 Å². The second-order valence-electron chi connectivity index (χ2n) is 7.20. The molecule has 21 heavy (non-hydrogen) atoms. The summed E-state index contributed by atoms with van der Waals surface area (Å²) in [5, 5.41) is 3.58. The van der Waals surface area contributed by atoms with Crippen LogP contribution in [0.5, 0.6) is 0 Å². The zero-order chi connectivity index (χ0) is 15.3. The van der Waals surface area contributed by atoms with E-state index < -0.39 is 0 Å². The Morgan fingerprint density at radius 1 is 1.24 bits per heavy atom. The molecule has 2 rings (SSSR count). The lowest BCUT2D eigenvalue weighted by molar-refractivity contribution is 0.0792. The fourth-order valence-corrected chi connectivity index (χ4v) is 2.74. The maximum absolute atomic E-state index is 5.73. The highest BCUT2D eigenvalue weighted by molar-refractivity contribution is 5.27. The second-order valence-corrected chi connectivity index (χ2v) is 7.20. The molecule has 1 fully saturated rings. The molecule has 0 amide bonds. The minimum absolute atomic E-state index is 0.150. The molecule has 1 aromatic carbocycles. The summed E-state index contributed by atoms with van der Waals surface area (Å²) in [5.41, 5.74) is 2.96. The molecule has 3 nitrogen and oxygen atoms in total. The van der Waals surface area contributed by atoms with Gasteiger partial charge in [0.05, 0.1) is 6.10 Å². The summed E-state index contributed by atoms with van der Waals surface area (Å²) in [4.78, 5) is 2.38. The van der Waals surface area contributed by atoms with Crippen LogP contribution in [0, 0.1) is 0 Å². The van der Waals surface area contributed by atoms with Gasteiger partial charge in [-0.05, 0) is 51.8 Å². The highest BCUT2D eigenvalue weighted by Gasteiger charge is 2.18. The number of likely N-dealkylation sites (N-methyl/N-ethyl adjacent to an activating group) is 1. The molecule has 1 aliphatic rings. The van der Waals surface area contributed by atoms with Crippen molar-refractivity contribution in [1.29, 1.82) is 0 Å². The van der Waals surface area contributed by atoms with Crippen molar-refractivity contribution in [2.24, 2.45) is 0 Å². The first-order chi connectivity index (χ1) is 9.94. The van der Waals surface area contributed by atoms with Crippen LogP contribution >= 0.6 is 0 Å². The quantitative estimate of drug-likeness (QED) is 0.871. The maximum Gasteiger partial charge on any atom is 0.0702 e. The van der Waals surface area contributed by atoms with Crippen molar-refractivity contribution < 1.29 is 4.74 Å². The Morgan fingerprint density at radius 3 is 2.57 bits per heavy atom. The highest BCUT2D eigenvalue weighted by Crippen LogP contribution is 2.16. The predicted octanol–water partition coefficient (Wildman–Crippen LogP) is 3.19. The van der Waals surface area contributed by atoms with E-state index in [0.29, 0.717) is 6.10 Å². The van der Waals surface area contributed by atoms with E-state index in [1.807, 2.05) is 0 Å². The number of rotatable bonds is 6. The number of ether oxygens (including phenoxy) is 1. The van der Waals surface area contributed by atoms with E-state index in [2.05, 4.69) is 62.3 Å². The minimum Gasteiger partial charge on any atom is -0.377 e. The van der Waals surface area contributed by atoms with Crippen LogP contribution in [0.15, 0.2) is 24.3 Å². The summed E-state index contributed by atoms with van der Waals surface area (Å²) >= 11 is 0. The fraction of sp³-hybridized carbons (Fsp3) is 0.667. The van der Waals surface area contributed by atoms with E-state index in [1.54, 1.807) is 0 Å². The summed E-state index contributed by atoms with van der Waals surface area (Å²) < 4.78 is 5.73. The molecular weight excluding hydrogens is 260 g/mol. The Hall–Kier alpha value is -0.900. The van der Waals surface area contributed by atoms with Crippen LogP contribution in [0.3, 0.4) is 0 Å². The van der Waals surface area contributed by atoms with Gasteiger partial charge >= 0.3 is 0 Å². The van der Waals surface area contributed by atoms with Gasteiger partial charge in [0.25, 0.3) is 0 Å². The van der Waals surface area contributed by atoms with Crippen molar-refractivity contribution >= 4 is 0 Å². The zero-order valence-corrected chi connectivity index (χ0v) is 14.0. The lowest BCUT2D eigenvalue weighted by Crippen LogP contribution is -2.35. The van der Waals surface area contributed by atoms with Gasteiger partial charge in [-0.1, -0.05) is 24.3 Å². The van der Waals surface area contributed by atoms with Gasteiger partial charge in [-0.25, -0.2) is 0 Å². The SMILES string of the molecule is CN(Cc1ccccc1CNC(C)(C)C)CC1CCCO1. The Labute approximate surface area is 129 Å². The highest BCUT2D eigenvalue weighted by atomic mass is 16.5. The topological polar surface area (TPSA) is 24.5 Å². The largest absolute Gasteiger partial charge is 0.377 e. The monoisotopic (exact) mass is 290 g/mol. The molecule has 1 aliphatic heterocycles. The molecule has 1 atom stereocenters. The third-order valence-corrected chi connectivity index (χ3v) is 3.91. The lowest BCUT2D eigenvalue weighted by Gasteiger charge is -2.24. The van der Waals surface area contributed by atoms with Crippen LogP contribution in [-0.4, -0.2) is 36.7 Å². The Bertz CT molecular complexity index is 433. The number of hydrogen-bond acceptors (Lipinski definition) is 3. The predicted molar refractivity (Wildman–Crippen MR) is 88.3 cm³/mol. The van der Waals surface area contributed by atoms with Gasteiger partial charge in [-0.15, -0.1) is 0 Å². The minimum atomic E-state index is 0.150. The molecule has 1 N–H and O–H groups in total. The average molecular weight is 290 g/mol.